The zero-order chi connectivity index (χ0) is 15.4. The highest BCUT2D eigenvalue weighted by Crippen LogP contribution is 2.25. The van der Waals surface area contributed by atoms with Gasteiger partial charge in [0.15, 0.2) is 12.7 Å². The molecule has 5 nitrogen and oxygen atoms in total. The van der Waals surface area contributed by atoms with Crippen molar-refractivity contribution in [3.8, 4) is 5.75 Å². The molecule has 114 valence electrons. The molecule has 0 spiro atoms. The van der Waals surface area contributed by atoms with E-state index >= 15 is 0 Å². The standard InChI is InChI=1S/C15H18BrNO4/c1-9-3-6-13(12(16)7-9)20-8-14(18)21-10(2)15(19)17-11-4-5-11/h3,6-7,10-11H,4-5,8H2,1-2H3,(H,17,19)/t10-/m0/s1. The first kappa shape index (κ1) is 15.8. The minimum Gasteiger partial charge on any atom is -0.481 e. The summed E-state index contributed by atoms with van der Waals surface area (Å²) in [5.74, 6) is -0.268. The molecule has 1 aromatic rings. The van der Waals surface area contributed by atoms with E-state index in [0.717, 1.165) is 22.9 Å². The first-order chi connectivity index (χ1) is 9.95. The summed E-state index contributed by atoms with van der Waals surface area (Å²) in [6.07, 6.45) is 1.19. The summed E-state index contributed by atoms with van der Waals surface area (Å²) in [7, 11) is 0. The predicted molar refractivity (Wildman–Crippen MR) is 81.1 cm³/mol. The largest absolute Gasteiger partial charge is 0.481 e. The van der Waals surface area contributed by atoms with E-state index in [2.05, 4.69) is 21.2 Å². The van der Waals surface area contributed by atoms with E-state index < -0.39 is 12.1 Å². The molecule has 1 amide bonds. The third-order valence-electron chi connectivity index (χ3n) is 3.03. The van der Waals surface area contributed by atoms with E-state index in [-0.39, 0.29) is 18.6 Å². The maximum atomic E-state index is 11.7. The van der Waals surface area contributed by atoms with Crippen LogP contribution in [-0.2, 0) is 14.3 Å². The Balaban J connectivity index is 1.77. The molecule has 1 aliphatic rings. The fraction of sp³-hybridized carbons (Fsp3) is 0.467. The van der Waals surface area contributed by atoms with Crippen LogP contribution in [0.2, 0.25) is 0 Å². The number of esters is 1. The number of carbonyl (C=O) groups excluding carboxylic acids is 2. The van der Waals surface area contributed by atoms with Crippen molar-refractivity contribution < 1.29 is 19.1 Å². The van der Waals surface area contributed by atoms with Gasteiger partial charge in [-0.2, -0.15) is 0 Å². The minimum atomic E-state index is -0.803. The van der Waals surface area contributed by atoms with Crippen molar-refractivity contribution in [1.29, 1.82) is 0 Å². The minimum absolute atomic E-state index is 0.233. The van der Waals surface area contributed by atoms with E-state index in [9.17, 15) is 9.59 Å². The molecule has 21 heavy (non-hydrogen) atoms. The summed E-state index contributed by atoms with van der Waals surface area (Å²) in [4.78, 5) is 23.3. The normalized spacial score (nSPS) is 15.2. The number of hydrogen-bond donors (Lipinski definition) is 1. The molecule has 0 saturated heterocycles. The molecule has 1 N–H and O–H groups in total. The van der Waals surface area contributed by atoms with Gasteiger partial charge in [0.05, 0.1) is 4.47 Å². The first-order valence-electron chi connectivity index (χ1n) is 6.84. The summed E-state index contributed by atoms with van der Waals surface area (Å²) in [5.41, 5.74) is 1.09. The highest BCUT2D eigenvalue weighted by atomic mass is 79.9. The molecular formula is C15H18BrNO4. The van der Waals surface area contributed by atoms with Gasteiger partial charge < -0.3 is 14.8 Å². The number of carbonyl (C=O) groups is 2. The molecule has 6 heteroatoms. The van der Waals surface area contributed by atoms with Crippen molar-refractivity contribution in [1.82, 2.24) is 5.32 Å². The molecule has 0 aromatic heterocycles. The number of amides is 1. The SMILES string of the molecule is Cc1ccc(OCC(=O)O[C@@H](C)C(=O)NC2CC2)c(Br)c1. The fourth-order valence-corrected chi connectivity index (χ4v) is 2.30. The molecule has 1 fully saturated rings. The lowest BCUT2D eigenvalue weighted by Gasteiger charge is -2.14. The van der Waals surface area contributed by atoms with Crippen LogP contribution in [0.1, 0.15) is 25.3 Å². The molecule has 1 saturated carbocycles. The number of halogens is 1. The van der Waals surface area contributed by atoms with Gasteiger partial charge in [0.1, 0.15) is 5.75 Å². The number of rotatable bonds is 6. The molecule has 0 heterocycles. The lowest BCUT2D eigenvalue weighted by atomic mass is 10.2. The van der Waals surface area contributed by atoms with Crippen molar-refractivity contribution in [2.75, 3.05) is 6.61 Å². The highest BCUT2D eigenvalue weighted by molar-refractivity contribution is 9.10. The zero-order valence-electron chi connectivity index (χ0n) is 12.0. The van der Waals surface area contributed by atoms with Gasteiger partial charge in [0, 0.05) is 6.04 Å². The Morgan fingerprint density at radius 2 is 2.14 bits per heavy atom. The second-order valence-electron chi connectivity index (χ2n) is 5.14. The molecule has 1 aromatic carbocycles. The molecule has 0 bridgehead atoms. The van der Waals surface area contributed by atoms with Crippen LogP contribution < -0.4 is 10.1 Å². The van der Waals surface area contributed by atoms with E-state index in [0.29, 0.717) is 5.75 Å². The Morgan fingerprint density at radius 1 is 1.43 bits per heavy atom. The summed E-state index contributed by atoms with van der Waals surface area (Å²) in [6.45, 7) is 3.28. The van der Waals surface area contributed by atoms with Crippen LogP contribution in [0, 0.1) is 6.92 Å². The molecule has 0 unspecified atom stereocenters. The van der Waals surface area contributed by atoms with Crippen LogP contribution in [0.25, 0.3) is 0 Å². The van der Waals surface area contributed by atoms with Crippen LogP contribution in [0.4, 0.5) is 0 Å². The van der Waals surface area contributed by atoms with Crippen molar-refractivity contribution in [3.63, 3.8) is 0 Å². The number of benzene rings is 1. The molecule has 1 atom stereocenters. The first-order valence-corrected chi connectivity index (χ1v) is 7.64. The van der Waals surface area contributed by atoms with Crippen molar-refractivity contribution in [2.45, 2.75) is 38.8 Å². The quantitative estimate of drug-likeness (QED) is 0.795. The number of nitrogens with one attached hydrogen (secondary N) is 1. The summed E-state index contributed by atoms with van der Waals surface area (Å²) >= 11 is 3.36. The molecule has 2 rings (SSSR count). The Hall–Kier alpha value is -1.56. The Kier molecular flexibility index (Phi) is 5.22. The number of aryl methyl sites for hydroxylation is 1. The van der Waals surface area contributed by atoms with E-state index in [4.69, 9.17) is 9.47 Å². The lowest BCUT2D eigenvalue weighted by molar-refractivity contribution is -0.156. The second-order valence-corrected chi connectivity index (χ2v) is 5.99. The summed E-state index contributed by atoms with van der Waals surface area (Å²) < 4.78 is 11.2. The highest BCUT2D eigenvalue weighted by Gasteiger charge is 2.27. The molecule has 1 aliphatic carbocycles. The maximum Gasteiger partial charge on any atom is 0.344 e. The lowest BCUT2D eigenvalue weighted by Crippen LogP contribution is -2.37. The third kappa shape index (κ3) is 5.04. The number of hydrogen-bond acceptors (Lipinski definition) is 4. The van der Waals surface area contributed by atoms with E-state index in [1.807, 2.05) is 19.1 Å². The van der Waals surface area contributed by atoms with Crippen LogP contribution in [0.5, 0.6) is 5.75 Å². The topological polar surface area (TPSA) is 64.6 Å². The van der Waals surface area contributed by atoms with E-state index in [1.165, 1.54) is 0 Å². The van der Waals surface area contributed by atoms with Crippen LogP contribution in [0.3, 0.4) is 0 Å². The van der Waals surface area contributed by atoms with Gasteiger partial charge in [0.2, 0.25) is 0 Å². The smallest absolute Gasteiger partial charge is 0.344 e. The van der Waals surface area contributed by atoms with Crippen molar-refractivity contribution in [3.05, 3.63) is 28.2 Å². The van der Waals surface area contributed by atoms with Crippen molar-refractivity contribution in [2.24, 2.45) is 0 Å². The monoisotopic (exact) mass is 355 g/mol. The van der Waals surface area contributed by atoms with Gasteiger partial charge in [-0.1, -0.05) is 6.07 Å². The predicted octanol–water partition coefficient (Wildman–Crippen LogP) is 2.35. The average Bonchev–Trinajstić information content (AvgIpc) is 3.21. The third-order valence-corrected chi connectivity index (χ3v) is 3.65. The molecule has 0 aliphatic heterocycles. The Morgan fingerprint density at radius 3 is 2.76 bits per heavy atom. The van der Waals surface area contributed by atoms with Crippen LogP contribution in [0.15, 0.2) is 22.7 Å². The maximum absolute atomic E-state index is 11.7. The second kappa shape index (κ2) is 6.93. The average molecular weight is 356 g/mol. The van der Waals surface area contributed by atoms with E-state index in [1.54, 1.807) is 13.0 Å². The summed E-state index contributed by atoms with van der Waals surface area (Å²) in [5, 5.41) is 2.78. The number of ether oxygens (including phenoxy) is 2. The van der Waals surface area contributed by atoms with Crippen LogP contribution >= 0.6 is 15.9 Å². The molecular weight excluding hydrogens is 338 g/mol. The van der Waals surface area contributed by atoms with Gasteiger partial charge in [-0.25, -0.2) is 4.79 Å². The van der Waals surface area contributed by atoms with Gasteiger partial charge >= 0.3 is 5.97 Å². The zero-order valence-corrected chi connectivity index (χ0v) is 13.6. The van der Waals surface area contributed by atoms with Gasteiger partial charge in [-0.15, -0.1) is 0 Å². The molecule has 0 radical (unpaired) electrons. The van der Waals surface area contributed by atoms with Crippen LogP contribution in [-0.4, -0.2) is 30.6 Å². The van der Waals surface area contributed by atoms with Gasteiger partial charge in [-0.05, 0) is 60.3 Å². The van der Waals surface area contributed by atoms with Gasteiger partial charge in [0.25, 0.3) is 5.91 Å². The Labute approximate surface area is 132 Å². The Bertz CT molecular complexity index is 542. The van der Waals surface area contributed by atoms with Crippen molar-refractivity contribution >= 4 is 27.8 Å². The van der Waals surface area contributed by atoms with Gasteiger partial charge in [-0.3, -0.25) is 4.79 Å². The summed E-state index contributed by atoms with van der Waals surface area (Å²) in [6, 6.07) is 5.80. The fourth-order valence-electron chi connectivity index (χ4n) is 1.69.